The molecular weight excluding hydrogens is 140 g/mol. The molecule has 0 radical (unpaired) electrons. The molecule has 0 aromatic heterocycles. The molecule has 2 nitrogen and oxygen atoms in total. The number of ketones is 1. The number of Topliss-reactive ketones (excluding diaryl/α,β-unsaturated/α-hetero) is 1. The third kappa shape index (κ3) is 4.73. The van der Waals surface area contributed by atoms with Crippen LogP contribution in [0.2, 0.25) is 0 Å². The predicted octanol–water partition coefficient (Wildman–Crippen LogP) is 1.54. The second-order valence-corrected chi connectivity index (χ2v) is 2.98. The molecule has 0 aromatic carbocycles. The predicted molar refractivity (Wildman–Crippen MR) is 45.3 cm³/mol. The van der Waals surface area contributed by atoms with Crippen LogP contribution in [0.3, 0.4) is 0 Å². The highest BCUT2D eigenvalue weighted by Gasteiger charge is 2.12. The number of hydrogen-bond acceptors (Lipinski definition) is 2. The van der Waals surface area contributed by atoms with Crippen LogP contribution in [0.25, 0.3) is 0 Å². The number of rotatable bonds is 5. The van der Waals surface area contributed by atoms with E-state index < -0.39 is 0 Å². The molecule has 0 spiro atoms. The number of aliphatic hydroxyl groups is 1. The molecule has 2 heteroatoms. The Morgan fingerprint density at radius 1 is 1.55 bits per heavy atom. The van der Waals surface area contributed by atoms with Crippen molar-refractivity contribution in [1.82, 2.24) is 0 Å². The van der Waals surface area contributed by atoms with Crippen LogP contribution >= 0.6 is 0 Å². The highest BCUT2D eigenvalue weighted by molar-refractivity contribution is 5.78. The van der Waals surface area contributed by atoms with Crippen molar-refractivity contribution in [2.24, 2.45) is 5.92 Å². The maximum absolute atomic E-state index is 10.9. The van der Waals surface area contributed by atoms with Gasteiger partial charge in [0.05, 0.1) is 0 Å². The summed E-state index contributed by atoms with van der Waals surface area (Å²) in [4.78, 5) is 10.9. The van der Waals surface area contributed by atoms with Gasteiger partial charge < -0.3 is 5.11 Å². The van der Waals surface area contributed by atoms with Crippen molar-refractivity contribution in [2.45, 2.75) is 26.7 Å². The Labute approximate surface area is 67.9 Å². The smallest absolute Gasteiger partial charge is 0.133 e. The monoisotopic (exact) mass is 156 g/mol. The molecule has 11 heavy (non-hydrogen) atoms. The standard InChI is InChI=1S/C9H16O2/c1-7(2)6-9(4-5-10)8(3)11/h9-10H,1,4-6H2,2-3H3. The summed E-state index contributed by atoms with van der Waals surface area (Å²) in [5.74, 6) is 0.111. The largest absolute Gasteiger partial charge is 0.396 e. The van der Waals surface area contributed by atoms with Crippen LogP contribution in [-0.2, 0) is 4.79 Å². The molecule has 0 aliphatic heterocycles. The summed E-state index contributed by atoms with van der Waals surface area (Å²) in [5.41, 5.74) is 0.999. The second-order valence-electron chi connectivity index (χ2n) is 2.98. The Morgan fingerprint density at radius 3 is 2.36 bits per heavy atom. The highest BCUT2D eigenvalue weighted by Crippen LogP contribution is 2.14. The van der Waals surface area contributed by atoms with Gasteiger partial charge in [0.15, 0.2) is 0 Å². The van der Waals surface area contributed by atoms with Gasteiger partial charge in [-0.2, -0.15) is 0 Å². The molecule has 0 rings (SSSR count). The molecule has 1 unspecified atom stereocenters. The van der Waals surface area contributed by atoms with E-state index in [0.717, 1.165) is 5.57 Å². The molecule has 0 amide bonds. The lowest BCUT2D eigenvalue weighted by Crippen LogP contribution is -2.12. The van der Waals surface area contributed by atoms with Gasteiger partial charge in [-0.1, -0.05) is 5.57 Å². The zero-order chi connectivity index (χ0) is 8.85. The fourth-order valence-corrected chi connectivity index (χ4v) is 1.03. The number of allylic oxidation sites excluding steroid dienone is 1. The first-order chi connectivity index (χ1) is 5.07. The average Bonchev–Trinajstić information content (AvgIpc) is 1.86. The summed E-state index contributed by atoms with van der Waals surface area (Å²) >= 11 is 0. The Balaban J connectivity index is 3.89. The van der Waals surface area contributed by atoms with Crippen LogP contribution < -0.4 is 0 Å². The van der Waals surface area contributed by atoms with Crippen molar-refractivity contribution >= 4 is 5.78 Å². The van der Waals surface area contributed by atoms with Crippen molar-refractivity contribution in [3.63, 3.8) is 0 Å². The number of hydrogen-bond donors (Lipinski definition) is 1. The van der Waals surface area contributed by atoms with E-state index in [4.69, 9.17) is 5.11 Å². The van der Waals surface area contributed by atoms with E-state index in [1.165, 1.54) is 0 Å². The lowest BCUT2D eigenvalue weighted by molar-refractivity contribution is -0.121. The minimum absolute atomic E-state index is 0.0301. The fraction of sp³-hybridized carbons (Fsp3) is 0.667. The van der Waals surface area contributed by atoms with Gasteiger partial charge in [-0.05, 0) is 26.7 Å². The quantitative estimate of drug-likeness (QED) is 0.613. The highest BCUT2D eigenvalue weighted by atomic mass is 16.3. The molecule has 0 saturated heterocycles. The first-order valence-electron chi connectivity index (χ1n) is 3.83. The molecule has 0 bridgehead atoms. The van der Waals surface area contributed by atoms with E-state index in [1.807, 2.05) is 6.92 Å². The van der Waals surface area contributed by atoms with Gasteiger partial charge in [-0.25, -0.2) is 0 Å². The molecule has 0 saturated carbocycles. The minimum Gasteiger partial charge on any atom is -0.396 e. The summed E-state index contributed by atoms with van der Waals surface area (Å²) in [6, 6.07) is 0. The fourth-order valence-electron chi connectivity index (χ4n) is 1.03. The number of carbonyl (C=O) groups excluding carboxylic acids is 1. The summed E-state index contributed by atoms with van der Waals surface area (Å²) in [7, 11) is 0. The zero-order valence-electron chi connectivity index (χ0n) is 7.26. The lowest BCUT2D eigenvalue weighted by Gasteiger charge is -2.10. The first-order valence-corrected chi connectivity index (χ1v) is 3.83. The van der Waals surface area contributed by atoms with Crippen molar-refractivity contribution in [3.05, 3.63) is 12.2 Å². The summed E-state index contributed by atoms with van der Waals surface area (Å²) in [6.45, 7) is 7.26. The van der Waals surface area contributed by atoms with Crippen molar-refractivity contribution in [1.29, 1.82) is 0 Å². The Morgan fingerprint density at radius 2 is 2.09 bits per heavy atom. The number of aliphatic hydroxyl groups excluding tert-OH is 1. The molecule has 64 valence electrons. The minimum atomic E-state index is -0.0301. The van der Waals surface area contributed by atoms with Gasteiger partial charge in [0.25, 0.3) is 0 Å². The van der Waals surface area contributed by atoms with Crippen molar-refractivity contribution in [3.8, 4) is 0 Å². The van der Waals surface area contributed by atoms with Crippen molar-refractivity contribution in [2.75, 3.05) is 6.61 Å². The maximum atomic E-state index is 10.9. The molecular formula is C9H16O2. The molecule has 0 fully saturated rings. The zero-order valence-corrected chi connectivity index (χ0v) is 7.26. The van der Waals surface area contributed by atoms with Gasteiger partial charge in [-0.3, -0.25) is 4.79 Å². The van der Waals surface area contributed by atoms with E-state index in [1.54, 1.807) is 6.92 Å². The SMILES string of the molecule is C=C(C)CC(CCO)C(C)=O. The van der Waals surface area contributed by atoms with Gasteiger partial charge in [0.2, 0.25) is 0 Å². The topological polar surface area (TPSA) is 37.3 Å². The van der Waals surface area contributed by atoms with Crippen molar-refractivity contribution < 1.29 is 9.90 Å². The van der Waals surface area contributed by atoms with Crippen LogP contribution in [0.5, 0.6) is 0 Å². The van der Waals surface area contributed by atoms with E-state index in [0.29, 0.717) is 12.8 Å². The van der Waals surface area contributed by atoms with Crippen LogP contribution in [0.4, 0.5) is 0 Å². The first kappa shape index (κ1) is 10.4. The normalized spacial score (nSPS) is 12.6. The third-order valence-corrected chi connectivity index (χ3v) is 1.65. The summed E-state index contributed by atoms with van der Waals surface area (Å²) in [5, 5.41) is 8.62. The molecule has 0 aliphatic carbocycles. The van der Waals surface area contributed by atoms with Crippen LogP contribution in [0.15, 0.2) is 12.2 Å². The molecule has 1 atom stereocenters. The van der Waals surface area contributed by atoms with Gasteiger partial charge in [-0.15, -0.1) is 6.58 Å². The van der Waals surface area contributed by atoms with E-state index in [9.17, 15) is 4.79 Å². The van der Waals surface area contributed by atoms with E-state index in [2.05, 4.69) is 6.58 Å². The third-order valence-electron chi connectivity index (χ3n) is 1.65. The van der Waals surface area contributed by atoms with E-state index in [-0.39, 0.29) is 18.3 Å². The maximum Gasteiger partial charge on any atom is 0.133 e. The second kappa shape index (κ2) is 5.08. The average molecular weight is 156 g/mol. The summed E-state index contributed by atoms with van der Waals surface area (Å²) in [6.07, 6.45) is 1.26. The van der Waals surface area contributed by atoms with Crippen LogP contribution in [0.1, 0.15) is 26.7 Å². The lowest BCUT2D eigenvalue weighted by atomic mass is 9.94. The van der Waals surface area contributed by atoms with Crippen LogP contribution in [-0.4, -0.2) is 17.5 Å². The Hall–Kier alpha value is -0.630. The van der Waals surface area contributed by atoms with Gasteiger partial charge >= 0.3 is 0 Å². The molecule has 1 N–H and O–H groups in total. The van der Waals surface area contributed by atoms with E-state index >= 15 is 0 Å². The van der Waals surface area contributed by atoms with Crippen LogP contribution in [0, 0.1) is 5.92 Å². The molecule has 0 aliphatic rings. The number of carbonyl (C=O) groups is 1. The Bertz CT molecular complexity index is 150. The Kier molecular flexibility index (Phi) is 4.79. The van der Waals surface area contributed by atoms with Gasteiger partial charge in [0.1, 0.15) is 5.78 Å². The summed E-state index contributed by atoms with van der Waals surface area (Å²) < 4.78 is 0. The molecule has 0 heterocycles. The molecule has 0 aromatic rings. The van der Waals surface area contributed by atoms with Gasteiger partial charge in [0, 0.05) is 12.5 Å².